The topological polar surface area (TPSA) is 17.4 Å². The van der Waals surface area contributed by atoms with Crippen molar-refractivity contribution in [3.8, 4) is 72.8 Å². The Labute approximate surface area is 478 Å². The summed E-state index contributed by atoms with van der Waals surface area (Å²) in [6.45, 7) is 6.81. The van der Waals surface area contributed by atoms with Crippen LogP contribution in [0.15, 0.2) is 279 Å². The molecule has 0 N–H and O–H groups in total. The molecule has 0 bridgehead atoms. The van der Waals surface area contributed by atoms with E-state index >= 15 is 0 Å². The fourth-order valence-corrected chi connectivity index (χ4v) is 13.6. The van der Waals surface area contributed by atoms with Gasteiger partial charge in [0.05, 0.1) is 16.7 Å². The zero-order valence-electron chi connectivity index (χ0n) is 45.9. The predicted octanol–water partition coefficient (Wildman–Crippen LogP) is 19.1. The fourth-order valence-electron chi connectivity index (χ4n) is 13.6. The van der Waals surface area contributed by atoms with Crippen LogP contribution in [0.4, 0.5) is 17.1 Å². The first-order valence-electron chi connectivity index (χ1n) is 28.6. The minimum absolute atomic E-state index is 0.159. The molecule has 0 atom stereocenters. The van der Waals surface area contributed by atoms with Crippen molar-refractivity contribution in [3.05, 3.63) is 285 Å². The summed E-state index contributed by atoms with van der Waals surface area (Å²) in [4.78, 5) is 2.63. The fraction of sp³-hybridized carbons (Fsp3) is 0.0513. The van der Waals surface area contributed by atoms with Crippen molar-refractivity contribution in [2.75, 3.05) is 4.90 Å². The van der Waals surface area contributed by atoms with E-state index in [0.29, 0.717) is 0 Å². The normalized spacial score (nSPS) is 12.6. The van der Waals surface area contributed by atoms with Gasteiger partial charge in [0.25, 0.3) is 6.71 Å². The quantitative estimate of drug-likeness (QED) is 0.117. The molecule has 0 aliphatic carbocycles. The molecule has 0 fully saturated rings. The molecule has 1 aromatic heterocycles. The second kappa shape index (κ2) is 18.7. The van der Waals surface area contributed by atoms with Crippen LogP contribution in [0.2, 0.25) is 0 Å². The molecule has 2 aliphatic rings. The van der Waals surface area contributed by atoms with E-state index < -0.39 is 0 Å². The number of nitrogens with zero attached hydrogens (tertiary/aromatic N) is 2. The number of para-hydroxylation sites is 2. The summed E-state index contributed by atoms with van der Waals surface area (Å²) < 4.78 is 9.93. The third-order valence-electron chi connectivity index (χ3n) is 17.4. The summed E-state index contributed by atoms with van der Waals surface area (Å²) in [6.07, 6.45) is 0. The first-order valence-corrected chi connectivity index (χ1v) is 28.6. The van der Waals surface area contributed by atoms with Crippen molar-refractivity contribution < 1.29 is 4.74 Å². The van der Waals surface area contributed by atoms with E-state index in [1.165, 1.54) is 82.1 Å². The first-order chi connectivity index (χ1) is 40.3. The molecule has 3 nitrogen and oxygen atoms in total. The monoisotopic (exact) mass is 1050 g/mol. The lowest BCUT2D eigenvalue weighted by Gasteiger charge is -2.42. The molecular formula is C78H55BN2O. The number of rotatable bonds is 7. The van der Waals surface area contributed by atoms with Crippen LogP contribution in [-0.2, 0) is 5.41 Å². The van der Waals surface area contributed by atoms with Gasteiger partial charge in [0.15, 0.2) is 0 Å². The summed E-state index contributed by atoms with van der Waals surface area (Å²) in [5.74, 6) is 1.75. The van der Waals surface area contributed by atoms with Gasteiger partial charge >= 0.3 is 0 Å². The van der Waals surface area contributed by atoms with Crippen LogP contribution in [0, 0.1) is 0 Å². The Morgan fingerprint density at radius 2 is 0.805 bits per heavy atom. The lowest BCUT2D eigenvalue weighted by Crippen LogP contribution is -2.59. The maximum atomic E-state index is 7.53. The standard InChI is InChI=1S/C78H55BN2O/c1-78(2,3)56-47-71-76-73(48-56)82-72-49-57(80-68-38-22-20-32-58(68)59-33-21-23-39-69(59)80)41-43-67(72)79(76)66-42-40-54(75-62-36-18-16-34-60(62)74(53-30-14-7-15-31-53)61-35-17-19-37-63(61)75)46-70(66)81(71)77-64(51-26-10-5-11-27-51)44-55(50-24-8-4-9-25-50)45-65(77)52-28-12-6-13-29-52/h4-49H,1-3H3. The molecule has 13 aromatic carbocycles. The Kier molecular flexibility index (Phi) is 10.9. The Hall–Kier alpha value is -10.2. The molecule has 14 aromatic rings. The van der Waals surface area contributed by atoms with Gasteiger partial charge in [-0.2, -0.15) is 0 Å². The zero-order chi connectivity index (χ0) is 54.6. The Morgan fingerprint density at radius 1 is 0.341 bits per heavy atom. The van der Waals surface area contributed by atoms with Gasteiger partial charge in [-0.05, 0) is 142 Å². The average molecular weight is 1050 g/mol. The number of aromatic nitrogens is 1. The van der Waals surface area contributed by atoms with Crippen LogP contribution in [0.5, 0.6) is 11.5 Å². The van der Waals surface area contributed by atoms with Gasteiger partial charge in [-0.1, -0.05) is 245 Å². The van der Waals surface area contributed by atoms with Crippen molar-refractivity contribution >= 4 is 83.5 Å². The molecule has 82 heavy (non-hydrogen) atoms. The molecule has 16 rings (SSSR count). The number of hydrogen-bond acceptors (Lipinski definition) is 2. The third-order valence-corrected chi connectivity index (χ3v) is 17.4. The lowest BCUT2D eigenvalue weighted by atomic mass is 9.34. The maximum Gasteiger partial charge on any atom is 0.256 e. The van der Waals surface area contributed by atoms with Crippen molar-refractivity contribution in [1.82, 2.24) is 4.57 Å². The molecule has 0 saturated carbocycles. The number of hydrogen-bond donors (Lipinski definition) is 0. The molecule has 0 amide bonds. The molecule has 2 aliphatic heterocycles. The zero-order valence-corrected chi connectivity index (χ0v) is 45.9. The van der Waals surface area contributed by atoms with Crippen LogP contribution < -0.4 is 26.0 Å². The van der Waals surface area contributed by atoms with Gasteiger partial charge in [0.1, 0.15) is 11.5 Å². The van der Waals surface area contributed by atoms with Gasteiger partial charge in [-0.3, -0.25) is 0 Å². The van der Waals surface area contributed by atoms with Crippen LogP contribution >= 0.6 is 0 Å². The van der Waals surface area contributed by atoms with Gasteiger partial charge in [0, 0.05) is 45.0 Å². The molecule has 0 spiro atoms. The second-order valence-electron chi connectivity index (χ2n) is 23.1. The summed E-state index contributed by atoms with van der Waals surface area (Å²) >= 11 is 0. The average Bonchev–Trinajstić information content (AvgIpc) is 1.92. The summed E-state index contributed by atoms with van der Waals surface area (Å²) in [7, 11) is 0. The molecule has 3 heterocycles. The predicted molar refractivity (Wildman–Crippen MR) is 348 cm³/mol. The number of fused-ring (bicyclic) bond motifs is 9. The van der Waals surface area contributed by atoms with E-state index in [1.54, 1.807) is 0 Å². The number of benzene rings is 13. The molecule has 386 valence electrons. The summed E-state index contributed by atoms with van der Waals surface area (Å²) in [6, 6.07) is 103. The molecule has 0 unspecified atom stereocenters. The summed E-state index contributed by atoms with van der Waals surface area (Å²) in [5.41, 5.74) is 23.0. The van der Waals surface area contributed by atoms with Crippen LogP contribution in [0.1, 0.15) is 26.3 Å². The Balaban J connectivity index is 1.03. The van der Waals surface area contributed by atoms with E-state index in [9.17, 15) is 0 Å². The highest BCUT2D eigenvalue weighted by molar-refractivity contribution is 6.99. The van der Waals surface area contributed by atoms with Crippen LogP contribution in [0.25, 0.3) is 105 Å². The van der Waals surface area contributed by atoms with Crippen LogP contribution in [0.3, 0.4) is 0 Å². The molecule has 0 saturated heterocycles. The smallest absolute Gasteiger partial charge is 0.256 e. The van der Waals surface area contributed by atoms with E-state index in [-0.39, 0.29) is 12.1 Å². The van der Waals surface area contributed by atoms with Crippen molar-refractivity contribution in [3.63, 3.8) is 0 Å². The largest absolute Gasteiger partial charge is 0.458 e. The highest BCUT2D eigenvalue weighted by Crippen LogP contribution is 2.53. The van der Waals surface area contributed by atoms with Crippen molar-refractivity contribution in [2.24, 2.45) is 0 Å². The Bertz CT molecular complexity index is 4700. The van der Waals surface area contributed by atoms with E-state index in [4.69, 9.17) is 4.74 Å². The van der Waals surface area contributed by atoms with Crippen LogP contribution in [-0.4, -0.2) is 11.3 Å². The van der Waals surface area contributed by atoms with Crippen molar-refractivity contribution in [2.45, 2.75) is 26.2 Å². The first kappa shape index (κ1) is 47.8. The summed E-state index contributed by atoms with van der Waals surface area (Å²) in [5, 5.41) is 7.36. The van der Waals surface area contributed by atoms with E-state index in [0.717, 1.165) is 73.1 Å². The highest BCUT2D eigenvalue weighted by Gasteiger charge is 2.44. The lowest BCUT2D eigenvalue weighted by molar-refractivity contribution is 0.483. The minimum atomic E-state index is -0.233. The van der Waals surface area contributed by atoms with Gasteiger partial charge in [0.2, 0.25) is 0 Å². The van der Waals surface area contributed by atoms with E-state index in [2.05, 4.69) is 309 Å². The van der Waals surface area contributed by atoms with Gasteiger partial charge < -0.3 is 14.2 Å². The Morgan fingerprint density at radius 3 is 1.34 bits per heavy atom. The van der Waals surface area contributed by atoms with Gasteiger partial charge in [-0.15, -0.1) is 0 Å². The number of ether oxygens (including phenoxy) is 1. The van der Waals surface area contributed by atoms with E-state index in [1.807, 2.05) is 0 Å². The SMILES string of the molecule is CC(C)(C)c1cc2c3c(c1)N(c1c(-c4ccccc4)cc(-c4ccccc4)cc1-c1ccccc1)c1cc(-c4c5ccccc5c(-c5ccccc5)c5ccccc45)ccc1B3c1ccc(-n3c4ccccc4c4ccccc43)cc1O2. The second-order valence-corrected chi connectivity index (χ2v) is 23.1. The van der Waals surface area contributed by atoms with Crippen molar-refractivity contribution in [1.29, 1.82) is 0 Å². The highest BCUT2D eigenvalue weighted by atomic mass is 16.5. The molecule has 0 radical (unpaired) electrons. The number of anilines is 3. The maximum absolute atomic E-state index is 7.53. The minimum Gasteiger partial charge on any atom is -0.458 e. The molecule has 4 heteroatoms. The third kappa shape index (κ3) is 7.52. The molecular weight excluding hydrogens is 992 g/mol. The van der Waals surface area contributed by atoms with Gasteiger partial charge in [-0.25, -0.2) is 0 Å².